The van der Waals surface area contributed by atoms with E-state index in [0.29, 0.717) is 18.4 Å². The number of hydrogen-bond donors (Lipinski definition) is 1. The van der Waals surface area contributed by atoms with E-state index < -0.39 is 5.97 Å². The Hall–Kier alpha value is -1.94. The predicted molar refractivity (Wildman–Crippen MR) is 94.2 cm³/mol. The summed E-state index contributed by atoms with van der Waals surface area (Å²) in [5, 5.41) is 8.79. The van der Waals surface area contributed by atoms with Crippen LogP contribution >= 0.6 is 15.9 Å². The molecule has 0 saturated carbocycles. The number of rotatable bonds is 8. The van der Waals surface area contributed by atoms with Gasteiger partial charge in [-0.3, -0.25) is 9.59 Å². The van der Waals surface area contributed by atoms with Gasteiger partial charge >= 0.3 is 5.97 Å². The Kier molecular flexibility index (Phi) is 6.53. The SMILES string of the molecule is O=C(O)CCCC(Br)C(C(=O)c1ccccc1)c1ccccc1. The van der Waals surface area contributed by atoms with Crippen LogP contribution in [-0.2, 0) is 4.79 Å². The molecule has 1 N–H and O–H groups in total. The van der Waals surface area contributed by atoms with Gasteiger partial charge in [0.25, 0.3) is 0 Å². The summed E-state index contributed by atoms with van der Waals surface area (Å²) in [6, 6.07) is 18.8. The third-order valence-electron chi connectivity index (χ3n) is 3.73. The summed E-state index contributed by atoms with van der Waals surface area (Å²) in [5.74, 6) is -1.09. The molecule has 0 aliphatic carbocycles. The number of ketones is 1. The molecule has 2 aromatic carbocycles. The Labute approximate surface area is 144 Å². The topological polar surface area (TPSA) is 54.4 Å². The highest BCUT2D eigenvalue weighted by molar-refractivity contribution is 9.09. The number of carboxylic acid groups (broad SMARTS) is 1. The van der Waals surface area contributed by atoms with Crippen molar-refractivity contribution in [1.82, 2.24) is 0 Å². The van der Waals surface area contributed by atoms with Crippen molar-refractivity contribution in [3.63, 3.8) is 0 Å². The van der Waals surface area contributed by atoms with E-state index in [1.165, 1.54) is 0 Å². The minimum atomic E-state index is -0.810. The minimum absolute atomic E-state index is 0.0500. The highest BCUT2D eigenvalue weighted by atomic mass is 79.9. The van der Waals surface area contributed by atoms with Crippen LogP contribution < -0.4 is 0 Å². The molecule has 0 aliphatic rings. The van der Waals surface area contributed by atoms with Gasteiger partial charge in [0.1, 0.15) is 0 Å². The summed E-state index contributed by atoms with van der Waals surface area (Å²) in [5.41, 5.74) is 1.61. The first-order valence-corrected chi connectivity index (χ1v) is 8.51. The minimum Gasteiger partial charge on any atom is -0.481 e. The third kappa shape index (κ3) is 5.03. The van der Waals surface area contributed by atoms with E-state index in [-0.39, 0.29) is 22.9 Å². The van der Waals surface area contributed by atoms with Crippen molar-refractivity contribution in [1.29, 1.82) is 0 Å². The molecule has 2 rings (SSSR count). The van der Waals surface area contributed by atoms with Gasteiger partial charge in [-0.2, -0.15) is 0 Å². The average molecular weight is 375 g/mol. The molecule has 0 fully saturated rings. The van der Waals surface area contributed by atoms with E-state index in [9.17, 15) is 9.59 Å². The molecule has 0 aliphatic heterocycles. The zero-order valence-electron chi connectivity index (χ0n) is 12.7. The number of halogens is 1. The van der Waals surface area contributed by atoms with Crippen LogP contribution in [0.5, 0.6) is 0 Å². The first kappa shape index (κ1) is 17.4. The lowest BCUT2D eigenvalue weighted by Crippen LogP contribution is -2.22. The van der Waals surface area contributed by atoms with E-state index in [4.69, 9.17) is 5.11 Å². The lowest BCUT2D eigenvalue weighted by Gasteiger charge is -2.22. The molecule has 0 aromatic heterocycles. The third-order valence-corrected chi connectivity index (χ3v) is 4.72. The van der Waals surface area contributed by atoms with Gasteiger partial charge in [-0.1, -0.05) is 76.6 Å². The molecule has 2 unspecified atom stereocenters. The maximum Gasteiger partial charge on any atom is 0.303 e. The van der Waals surface area contributed by atoms with Gasteiger partial charge in [-0.15, -0.1) is 0 Å². The van der Waals surface area contributed by atoms with Crippen LogP contribution in [0.3, 0.4) is 0 Å². The quantitative estimate of drug-likeness (QED) is 0.539. The molecule has 0 amide bonds. The van der Waals surface area contributed by atoms with Gasteiger partial charge in [0, 0.05) is 16.8 Å². The molecule has 0 bridgehead atoms. The molecule has 23 heavy (non-hydrogen) atoms. The van der Waals surface area contributed by atoms with Crippen molar-refractivity contribution >= 4 is 27.7 Å². The molecule has 0 saturated heterocycles. The summed E-state index contributed by atoms with van der Waals surface area (Å²) in [7, 11) is 0. The smallest absolute Gasteiger partial charge is 0.303 e. The second-order valence-electron chi connectivity index (χ2n) is 5.42. The van der Waals surface area contributed by atoms with Crippen LogP contribution in [0, 0.1) is 0 Å². The normalized spacial score (nSPS) is 13.3. The van der Waals surface area contributed by atoms with E-state index in [1.54, 1.807) is 0 Å². The number of benzene rings is 2. The summed E-state index contributed by atoms with van der Waals surface area (Å²) in [6.45, 7) is 0. The van der Waals surface area contributed by atoms with E-state index in [0.717, 1.165) is 5.56 Å². The van der Waals surface area contributed by atoms with Crippen molar-refractivity contribution in [3.05, 3.63) is 71.8 Å². The molecule has 0 spiro atoms. The fourth-order valence-corrected chi connectivity index (χ4v) is 3.45. The van der Waals surface area contributed by atoms with Gasteiger partial charge in [-0.05, 0) is 18.4 Å². The predicted octanol–water partition coefficient (Wildman–Crippen LogP) is 4.67. The van der Waals surface area contributed by atoms with E-state index in [1.807, 2.05) is 60.7 Å². The Morgan fingerprint density at radius 2 is 1.52 bits per heavy atom. The molecule has 3 nitrogen and oxygen atoms in total. The molecular weight excluding hydrogens is 356 g/mol. The van der Waals surface area contributed by atoms with E-state index in [2.05, 4.69) is 15.9 Å². The van der Waals surface area contributed by atoms with Crippen LogP contribution in [0.4, 0.5) is 0 Å². The monoisotopic (exact) mass is 374 g/mol. The van der Waals surface area contributed by atoms with Crippen LogP contribution in [0.25, 0.3) is 0 Å². The largest absolute Gasteiger partial charge is 0.481 e. The Bertz CT molecular complexity index is 640. The Morgan fingerprint density at radius 1 is 0.957 bits per heavy atom. The molecular formula is C19H19BrO3. The van der Waals surface area contributed by atoms with Crippen molar-refractivity contribution in [3.8, 4) is 0 Å². The second-order valence-corrected chi connectivity index (χ2v) is 6.60. The lowest BCUT2D eigenvalue weighted by atomic mass is 9.86. The van der Waals surface area contributed by atoms with Crippen LogP contribution in [0.1, 0.15) is 41.1 Å². The zero-order valence-corrected chi connectivity index (χ0v) is 14.3. The van der Waals surface area contributed by atoms with Crippen molar-refractivity contribution in [2.75, 3.05) is 0 Å². The molecule has 2 atom stereocenters. The van der Waals surface area contributed by atoms with E-state index >= 15 is 0 Å². The highest BCUT2D eigenvalue weighted by Crippen LogP contribution is 2.32. The maximum absolute atomic E-state index is 12.9. The Balaban J connectivity index is 2.22. The molecule has 120 valence electrons. The lowest BCUT2D eigenvalue weighted by molar-refractivity contribution is -0.137. The number of carbonyl (C=O) groups is 2. The number of Topliss-reactive ketones (excluding diaryl/α,β-unsaturated/α-hetero) is 1. The maximum atomic E-state index is 12.9. The van der Waals surface area contributed by atoms with Crippen molar-refractivity contribution in [2.45, 2.75) is 30.0 Å². The summed E-state index contributed by atoms with van der Waals surface area (Å²) in [4.78, 5) is 23.5. The molecule has 4 heteroatoms. The Morgan fingerprint density at radius 3 is 2.09 bits per heavy atom. The molecule has 0 radical (unpaired) electrons. The first-order chi connectivity index (χ1) is 11.1. The van der Waals surface area contributed by atoms with Gasteiger partial charge in [0.2, 0.25) is 0 Å². The van der Waals surface area contributed by atoms with Gasteiger partial charge < -0.3 is 5.11 Å². The molecule has 2 aromatic rings. The number of aliphatic carboxylic acids is 1. The zero-order chi connectivity index (χ0) is 16.7. The fraction of sp³-hybridized carbons (Fsp3) is 0.263. The van der Waals surface area contributed by atoms with Gasteiger partial charge in [-0.25, -0.2) is 0 Å². The standard InChI is InChI=1S/C19H19BrO3/c20-16(12-7-13-17(21)22)18(14-8-3-1-4-9-14)19(23)15-10-5-2-6-11-15/h1-6,8-11,16,18H,7,12-13H2,(H,21,22). The number of carbonyl (C=O) groups excluding carboxylic acids is 1. The summed E-state index contributed by atoms with van der Waals surface area (Å²) < 4.78 is 0. The highest BCUT2D eigenvalue weighted by Gasteiger charge is 2.28. The number of hydrogen-bond acceptors (Lipinski definition) is 2. The fourth-order valence-electron chi connectivity index (χ4n) is 2.58. The second kappa shape index (κ2) is 8.63. The summed E-state index contributed by atoms with van der Waals surface area (Å²) >= 11 is 3.62. The number of alkyl halides is 1. The summed E-state index contributed by atoms with van der Waals surface area (Å²) in [6.07, 6.45) is 1.28. The number of carboxylic acids is 1. The van der Waals surface area contributed by atoms with Gasteiger partial charge in [0.05, 0.1) is 5.92 Å². The average Bonchev–Trinajstić information content (AvgIpc) is 2.56. The van der Waals surface area contributed by atoms with Crippen LogP contribution in [0.2, 0.25) is 0 Å². The van der Waals surface area contributed by atoms with Crippen molar-refractivity contribution in [2.24, 2.45) is 0 Å². The van der Waals surface area contributed by atoms with Crippen LogP contribution in [0.15, 0.2) is 60.7 Å². The van der Waals surface area contributed by atoms with Crippen molar-refractivity contribution < 1.29 is 14.7 Å². The van der Waals surface area contributed by atoms with Gasteiger partial charge in [0.15, 0.2) is 5.78 Å². The van der Waals surface area contributed by atoms with Crippen LogP contribution in [-0.4, -0.2) is 21.7 Å². The molecule has 0 heterocycles. The first-order valence-electron chi connectivity index (χ1n) is 7.59.